The molecule has 1 aliphatic heterocycles. The highest BCUT2D eigenvalue weighted by Gasteiger charge is 2.31. The monoisotopic (exact) mass is 561 g/mol. The van der Waals surface area contributed by atoms with Gasteiger partial charge in [0.05, 0.1) is 17.6 Å². The lowest BCUT2D eigenvalue weighted by molar-refractivity contribution is -0.133. The van der Waals surface area contributed by atoms with E-state index in [1.807, 2.05) is 76.7 Å². The van der Waals surface area contributed by atoms with Gasteiger partial charge in [0.15, 0.2) is 11.0 Å². The van der Waals surface area contributed by atoms with Crippen LogP contribution < -0.4 is 4.74 Å². The molecule has 1 atom stereocenters. The molecule has 0 saturated carbocycles. The molecule has 0 bridgehead atoms. The van der Waals surface area contributed by atoms with E-state index in [1.165, 1.54) is 0 Å². The first-order chi connectivity index (χ1) is 19.1. The Bertz CT molecular complexity index is 1410. The molecule has 2 aromatic carbocycles. The van der Waals surface area contributed by atoms with Gasteiger partial charge >= 0.3 is 0 Å². The van der Waals surface area contributed by atoms with E-state index < -0.39 is 0 Å². The van der Waals surface area contributed by atoms with E-state index in [4.69, 9.17) is 4.74 Å². The summed E-state index contributed by atoms with van der Waals surface area (Å²) in [6.07, 6.45) is 1.19. The number of thiophene rings is 1. The van der Waals surface area contributed by atoms with Crippen LogP contribution >= 0.6 is 23.1 Å². The largest absolute Gasteiger partial charge is 0.496 e. The Morgan fingerprint density at radius 1 is 1.03 bits per heavy atom. The Hall–Kier alpha value is -3.63. The lowest BCUT2D eigenvalue weighted by Gasteiger charge is -2.40. The van der Waals surface area contributed by atoms with Gasteiger partial charge < -0.3 is 14.5 Å². The number of carbonyl (C=O) groups excluding carboxylic acids is 2. The van der Waals surface area contributed by atoms with Crippen molar-refractivity contribution in [2.75, 3.05) is 32.5 Å². The van der Waals surface area contributed by atoms with E-state index >= 15 is 0 Å². The molecule has 0 aliphatic carbocycles. The third-order valence-corrected chi connectivity index (χ3v) is 8.61. The van der Waals surface area contributed by atoms with Crippen LogP contribution in [0.4, 0.5) is 0 Å². The minimum atomic E-state index is -0.0745. The fourth-order valence-electron chi connectivity index (χ4n) is 4.75. The van der Waals surface area contributed by atoms with Gasteiger partial charge in [-0.1, -0.05) is 48.2 Å². The number of amides is 2. The lowest BCUT2D eigenvalue weighted by Crippen LogP contribution is -2.55. The minimum Gasteiger partial charge on any atom is -0.496 e. The summed E-state index contributed by atoms with van der Waals surface area (Å²) in [5.74, 6) is 2.20. The van der Waals surface area contributed by atoms with Gasteiger partial charge in [0.25, 0.3) is 5.91 Å². The maximum absolute atomic E-state index is 13.1. The van der Waals surface area contributed by atoms with Crippen LogP contribution in [-0.4, -0.2) is 74.9 Å². The molecule has 39 heavy (non-hydrogen) atoms. The molecule has 1 unspecified atom stereocenters. The third kappa shape index (κ3) is 6.02. The van der Waals surface area contributed by atoms with Crippen molar-refractivity contribution in [3.05, 3.63) is 77.7 Å². The van der Waals surface area contributed by atoms with Crippen molar-refractivity contribution in [3.63, 3.8) is 0 Å². The number of carbonyl (C=O) groups is 2. The second-order valence-corrected chi connectivity index (χ2v) is 11.3. The van der Waals surface area contributed by atoms with Gasteiger partial charge in [-0.05, 0) is 49.1 Å². The zero-order chi connectivity index (χ0) is 27.2. The highest BCUT2D eigenvalue weighted by atomic mass is 32.2. The Morgan fingerprint density at radius 3 is 2.56 bits per heavy atom. The molecule has 0 radical (unpaired) electrons. The first kappa shape index (κ1) is 27.0. The van der Waals surface area contributed by atoms with Crippen molar-refractivity contribution < 1.29 is 14.3 Å². The Morgan fingerprint density at radius 2 is 1.82 bits per heavy atom. The molecule has 0 N–H and O–H groups in total. The quantitative estimate of drug-likeness (QED) is 0.205. The van der Waals surface area contributed by atoms with E-state index in [2.05, 4.69) is 14.8 Å². The first-order valence-electron chi connectivity index (χ1n) is 13.0. The summed E-state index contributed by atoms with van der Waals surface area (Å²) in [4.78, 5) is 30.9. The maximum atomic E-state index is 13.1. The minimum absolute atomic E-state index is 0.0621. The zero-order valence-corrected chi connectivity index (χ0v) is 23.7. The van der Waals surface area contributed by atoms with E-state index in [9.17, 15) is 9.59 Å². The van der Waals surface area contributed by atoms with E-state index in [1.54, 1.807) is 42.3 Å². The van der Waals surface area contributed by atoms with Crippen molar-refractivity contribution in [1.82, 2.24) is 24.6 Å². The maximum Gasteiger partial charge on any atom is 0.257 e. The Kier molecular flexibility index (Phi) is 8.63. The second-order valence-electron chi connectivity index (χ2n) is 9.29. The summed E-state index contributed by atoms with van der Waals surface area (Å²) in [5, 5.41) is 11.8. The summed E-state index contributed by atoms with van der Waals surface area (Å²) in [5.41, 5.74) is 1.56. The smallest absolute Gasteiger partial charge is 0.257 e. The normalized spacial score (nSPS) is 15.4. The van der Waals surface area contributed by atoms with Crippen molar-refractivity contribution >= 4 is 34.9 Å². The molecule has 4 aromatic rings. The van der Waals surface area contributed by atoms with Gasteiger partial charge in [-0.3, -0.25) is 14.2 Å². The van der Waals surface area contributed by atoms with Crippen molar-refractivity contribution in [3.8, 4) is 22.1 Å². The standard InChI is InChI=1S/C29H31N5O3S2/c1-21-20-32(16-17-33(21)28(36)23-12-6-7-13-24(23)37-2)26(35)15-9-19-39-29-31-30-27(25-14-8-18-38-25)34(29)22-10-4-3-5-11-22/h3-8,10-14,18,21H,9,15-17,19-20H2,1-2H3. The SMILES string of the molecule is COc1ccccc1C(=O)N1CCN(C(=O)CCCSc2nnc(-c3cccs3)n2-c2ccccc2)CC1C. The number of aromatic nitrogens is 3. The molecule has 1 saturated heterocycles. The average Bonchev–Trinajstić information content (AvgIpc) is 3.65. The molecular formula is C29H31N5O3S2. The van der Waals surface area contributed by atoms with Gasteiger partial charge in [0.1, 0.15) is 5.75 Å². The number of rotatable bonds is 9. The molecule has 5 rings (SSSR count). The van der Waals surface area contributed by atoms with E-state index in [0.29, 0.717) is 37.4 Å². The van der Waals surface area contributed by atoms with Gasteiger partial charge in [0, 0.05) is 43.5 Å². The number of para-hydroxylation sites is 2. The van der Waals surface area contributed by atoms with Crippen molar-refractivity contribution in [2.45, 2.75) is 31.0 Å². The highest BCUT2D eigenvalue weighted by Crippen LogP contribution is 2.31. The summed E-state index contributed by atoms with van der Waals surface area (Å²) in [6, 6.07) is 21.3. The van der Waals surface area contributed by atoms with Crippen LogP contribution in [0.5, 0.6) is 5.75 Å². The summed E-state index contributed by atoms with van der Waals surface area (Å²) < 4.78 is 7.45. The number of hydrogen-bond donors (Lipinski definition) is 0. The molecule has 2 aromatic heterocycles. The van der Waals surface area contributed by atoms with Crippen molar-refractivity contribution in [1.29, 1.82) is 0 Å². The number of methoxy groups -OCH3 is 1. The molecule has 10 heteroatoms. The van der Waals surface area contributed by atoms with Crippen LogP contribution in [0.15, 0.2) is 77.3 Å². The second kappa shape index (κ2) is 12.5. The molecule has 8 nitrogen and oxygen atoms in total. The molecule has 2 amide bonds. The molecular weight excluding hydrogens is 530 g/mol. The predicted molar refractivity (Wildman–Crippen MR) is 155 cm³/mol. The lowest BCUT2D eigenvalue weighted by atomic mass is 10.1. The van der Waals surface area contributed by atoms with Gasteiger partial charge in [-0.2, -0.15) is 0 Å². The Labute approximate surface area is 236 Å². The van der Waals surface area contributed by atoms with Gasteiger partial charge in [-0.25, -0.2) is 0 Å². The number of nitrogens with zero attached hydrogens (tertiary/aromatic N) is 5. The van der Waals surface area contributed by atoms with Crippen LogP contribution in [0.2, 0.25) is 0 Å². The third-order valence-electron chi connectivity index (χ3n) is 6.73. The average molecular weight is 562 g/mol. The summed E-state index contributed by atoms with van der Waals surface area (Å²) in [7, 11) is 1.57. The molecule has 0 spiro atoms. The van der Waals surface area contributed by atoms with Crippen molar-refractivity contribution in [2.24, 2.45) is 0 Å². The number of hydrogen-bond acceptors (Lipinski definition) is 7. The number of thioether (sulfide) groups is 1. The van der Waals surface area contributed by atoms with Crippen LogP contribution in [0.3, 0.4) is 0 Å². The van der Waals surface area contributed by atoms with E-state index in [-0.39, 0.29) is 17.9 Å². The highest BCUT2D eigenvalue weighted by molar-refractivity contribution is 7.99. The van der Waals surface area contributed by atoms with E-state index in [0.717, 1.165) is 33.7 Å². The number of benzene rings is 2. The number of piperazine rings is 1. The first-order valence-corrected chi connectivity index (χ1v) is 14.8. The molecule has 202 valence electrons. The van der Waals surface area contributed by atoms with Crippen LogP contribution in [0.1, 0.15) is 30.1 Å². The van der Waals surface area contributed by atoms with Crippen LogP contribution in [0.25, 0.3) is 16.4 Å². The predicted octanol–water partition coefficient (Wildman–Crippen LogP) is 5.25. The molecule has 1 aliphatic rings. The fraction of sp³-hybridized carbons (Fsp3) is 0.310. The molecule has 1 fully saturated rings. The van der Waals surface area contributed by atoms with Crippen LogP contribution in [0, 0.1) is 0 Å². The van der Waals surface area contributed by atoms with Crippen LogP contribution in [-0.2, 0) is 4.79 Å². The summed E-state index contributed by atoms with van der Waals surface area (Å²) in [6.45, 7) is 3.55. The zero-order valence-electron chi connectivity index (χ0n) is 22.0. The van der Waals surface area contributed by atoms with Gasteiger partial charge in [-0.15, -0.1) is 21.5 Å². The fourth-order valence-corrected chi connectivity index (χ4v) is 6.33. The number of ether oxygens (including phenoxy) is 1. The summed E-state index contributed by atoms with van der Waals surface area (Å²) >= 11 is 3.25. The molecule has 3 heterocycles. The van der Waals surface area contributed by atoms with Gasteiger partial charge in [0.2, 0.25) is 5.91 Å². The topological polar surface area (TPSA) is 80.6 Å². The Balaban J connectivity index is 1.15.